The molecule has 0 bridgehead atoms. The molecule has 0 radical (unpaired) electrons. The van der Waals surface area contributed by atoms with Gasteiger partial charge in [-0.15, -0.1) is 21.5 Å². The molecule has 0 aliphatic heterocycles. The first-order valence-corrected chi connectivity index (χ1v) is 10.7. The van der Waals surface area contributed by atoms with Gasteiger partial charge in [0, 0.05) is 23.9 Å². The first-order valence-electron chi connectivity index (χ1n) is 8.16. The van der Waals surface area contributed by atoms with Crippen molar-refractivity contribution in [1.82, 2.24) is 19.7 Å². The Hall–Kier alpha value is -2.78. The van der Waals surface area contributed by atoms with Crippen LogP contribution in [0.4, 0.5) is 0 Å². The lowest BCUT2D eigenvalue weighted by atomic mass is 10.2. The van der Waals surface area contributed by atoms with Crippen LogP contribution in [0.15, 0.2) is 63.6 Å². The van der Waals surface area contributed by atoms with Crippen molar-refractivity contribution in [3.05, 3.63) is 70.6 Å². The first kappa shape index (κ1) is 17.6. The maximum absolute atomic E-state index is 12.8. The molecule has 0 aliphatic rings. The first-order chi connectivity index (χ1) is 13.0. The molecule has 3 aromatic heterocycles. The van der Waals surface area contributed by atoms with E-state index in [0.717, 1.165) is 10.4 Å². The molecule has 138 valence electrons. The smallest absolute Gasteiger partial charge is 0.250 e. The number of nitrogens with zero attached hydrogens (tertiary/aromatic N) is 4. The predicted molar refractivity (Wildman–Crippen MR) is 101 cm³/mol. The third-order valence-electron chi connectivity index (χ3n) is 4.04. The molecule has 0 amide bonds. The van der Waals surface area contributed by atoms with E-state index in [0.29, 0.717) is 18.0 Å². The molecule has 27 heavy (non-hydrogen) atoms. The molecule has 1 aromatic carbocycles. The van der Waals surface area contributed by atoms with Crippen LogP contribution in [0.5, 0.6) is 0 Å². The number of hydrogen-bond acceptors (Lipinski definition) is 7. The lowest BCUT2D eigenvalue weighted by molar-refractivity contribution is 0.515. The largest absolute Gasteiger partial charge is 0.440 e. The molecule has 0 spiro atoms. The van der Waals surface area contributed by atoms with Gasteiger partial charge < -0.3 is 8.98 Å². The van der Waals surface area contributed by atoms with E-state index in [2.05, 4.69) is 15.2 Å². The zero-order valence-electron chi connectivity index (χ0n) is 14.4. The summed E-state index contributed by atoms with van der Waals surface area (Å²) in [5.74, 6) is 0.868. The van der Waals surface area contributed by atoms with Gasteiger partial charge in [0.1, 0.15) is 11.6 Å². The molecule has 7 nitrogen and oxygen atoms in total. The number of aromatic nitrogens is 4. The molecular formula is C18H16N4O3S2. The predicted octanol–water partition coefficient (Wildman–Crippen LogP) is 3.10. The molecule has 0 unspecified atom stereocenters. The number of rotatable bonds is 6. The number of sulfone groups is 1. The minimum absolute atomic E-state index is 0.0893. The minimum Gasteiger partial charge on any atom is -0.440 e. The highest BCUT2D eigenvalue weighted by Gasteiger charge is 2.26. The van der Waals surface area contributed by atoms with Crippen molar-refractivity contribution in [2.24, 2.45) is 7.05 Å². The lowest BCUT2D eigenvalue weighted by Crippen LogP contribution is -2.12. The second-order valence-corrected chi connectivity index (χ2v) is 8.87. The van der Waals surface area contributed by atoms with Crippen LogP contribution in [0.2, 0.25) is 0 Å². The fourth-order valence-corrected chi connectivity index (χ4v) is 4.66. The summed E-state index contributed by atoms with van der Waals surface area (Å²) in [5, 5.41) is 9.81. The second kappa shape index (κ2) is 7.09. The van der Waals surface area contributed by atoms with Gasteiger partial charge in [-0.3, -0.25) is 0 Å². The van der Waals surface area contributed by atoms with Gasteiger partial charge in [-0.25, -0.2) is 13.4 Å². The van der Waals surface area contributed by atoms with Crippen molar-refractivity contribution in [2.75, 3.05) is 0 Å². The van der Waals surface area contributed by atoms with Gasteiger partial charge in [-0.2, -0.15) is 0 Å². The summed E-state index contributed by atoms with van der Waals surface area (Å²) >= 11 is 1.59. The van der Waals surface area contributed by atoms with Gasteiger partial charge in [0.2, 0.25) is 20.9 Å². The maximum Gasteiger partial charge on any atom is 0.250 e. The van der Waals surface area contributed by atoms with E-state index in [4.69, 9.17) is 4.42 Å². The van der Waals surface area contributed by atoms with E-state index in [1.807, 2.05) is 47.8 Å². The highest BCUT2D eigenvalue weighted by Crippen LogP contribution is 2.22. The van der Waals surface area contributed by atoms with Gasteiger partial charge >= 0.3 is 0 Å². The van der Waals surface area contributed by atoms with Gasteiger partial charge in [0.05, 0.1) is 6.20 Å². The molecule has 0 fully saturated rings. The Kier molecular flexibility index (Phi) is 4.63. The summed E-state index contributed by atoms with van der Waals surface area (Å²) in [7, 11) is -2.08. The van der Waals surface area contributed by atoms with Crippen molar-refractivity contribution in [2.45, 2.75) is 17.3 Å². The molecule has 4 aromatic rings. The fourth-order valence-electron chi connectivity index (χ4n) is 2.68. The van der Waals surface area contributed by atoms with Crippen LogP contribution in [0.1, 0.15) is 16.6 Å². The van der Waals surface area contributed by atoms with Crippen LogP contribution >= 0.6 is 11.3 Å². The van der Waals surface area contributed by atoms with Crippen molar-refractivity contribution in [3.63, 3.8) is 0 Å². The number of thiophene rings is 1. The van der Waals surface area contributed by atoms with Crippen molar-refractivity contribution in [3.8, 4) is 11.3 Å². The van der Waals surface area contributed by atoms with E-state index < -0.39 is 9.84 Å². The van der Waals surface area contributed by atoms with Crippen LogP contribution in [0.3, 0.4) is 0 Å². The summed E-state index contributed by atoms with van der Waals surface area (Å²) in [5.41, 5.74) is 0.838. The second-order valence-electron chi connectivity index (χ2n) is 5.96. The third-order valence-corrected chi connectivity index (χ3v) is 6.46. The van der Waals surface area contributed by atoms with E-state index in [1.165, 1.54) is 10.8 Å². The molecule has 0 saturated carbocycles. The van der Waals surface area contributed by atoms with Gasteiger partial charge in [0.15, 0.2) is 5.76 Å². The lowest BCUT2D eigenvalue weighted by Gasteiger charge is -2.03. The Balaban J connectivity index is 1.56. The summed E-state index contributed by atoms with van der Waals surface area (Å²) in [6.45, 7) is 0. The highest BCUT2D eigenvalue weighted by atomic mass is 32.2. The normalized spacial score (nSPS) is 11.7. The summed E-state index contributed by atoms with van der Waals surface area (Å²) in [4.78, 5) is 5.19. The van der Waals surface area contributed by atoms with E-state index >= 15 is 0 Å². The molecule has 0 atom stereocenters. The monoisotopic (exact) mass is 400 g/mol. The Bertz CT molecular complexity index is 1150. The van der Waals surface area contributed by atoms with Crippen LogP contribution in [0, 0.1) is 0 Å². The summed E-state index contributed by atoms with van der Waals surface area (Å²) in [6, 6.07) is 13.3. The quantitative estimate of drug-likeness (QED) is 0.494. The summed E-state index contributed by atoms with van der Waals surface area (Å²) < 4.78 is 32.6. The molecule has 0 saturated heterocycles. The van der Waals surface area contributed by atoms with Gasteiger partial charge in [0.25, 0.3) is 0 Å². The SMILES string of the molecule is Cn1c(Cc2cccs2)nnc1S(=O)(=O)Cc1ncc(-c2ccccc2)o1. The third kappa shape index (κ3) is 3.69. The topological polar surface area (TPSA) is 90.9 Å². The molecule has 0 N–H and O–H groups in total. The molecular weight excluding hydrogens is 384 g/mol. The van der Waals surface area contributed by atoms with Crippen molar-refractivity contribution in [1.29, 1.82) is 0 Å². The molecule has 0 aliphatic carbocycles. The maximum atomic E-state index is 12.8. The number of oxazole rings is 1. The van der Waals surface area contributed by atoms with Crippen LogP contribution in [-0.4, -0.2) is 28.2 Å². The molecule has 3 heterocycles. The van der Waals surface area contributed by atoms with E-state index in [1.54, 1.807) is 18.4 Å². The highest BCUT2D eigenvalue weighted by molar-refractivity contribution is 7.90. The minimum atomic E-state index is -3.73. The zero-order chi connectivity index (χ0) is 18.9. The fraction of sp³-hybridized carbons (Fsp3) is 0.167. The van der Waals surface area contributed by atoms with Crippen LogP contribution in [0.25, 0.3) is 11.3 Å². The van der Waals surface area contributed by atoms with Crippen molar-refractivity contribution >= 4 is 21.2 Å². The van der Waals surface area contributed by atoms with E-state index in [9.17, 15) is 8.42 Å². The molecule has 4 rings (SSSR count). The van der Waals surface area contributed by atoms with E-state index in [-0.39, 0.29) is 16.8 Å². The standard InChI is InChI=1S/C18H16N4O3S2/c1-22-16(10-14-8-5-9-26-14)20-21-18(22)27(23,24)12-17-19-11-15(25-17)13-6-3-2-4-7-13/h2-9,11H,10,12H2,1H3. The Labute approximate surface area is 160 Å². The van der Waals surface area contributed by atoms with Crippen molar-refractivity contribution < 1.29 is 12.8 Å². The number of hydrogen-bond donors (Lipinski definition) is 0. The Morgan fingerprint density at radius 2 is 1.93 bits per heavy atom. The number of benzene rings is 1. The summed E-state index contributed by atoms with van der Waals surface area (Å²) in [6.07, 6.45) is 2.06. The van der Waals surface area contributed by atoms with Crippen LogP contribution < -0.4 is 0 Å². The zero-order valence-corrected chi connectivity index (χ0v) is 16.1. The van der Waals surface area contributed by atoms with Gasteiger partial charge in [-0.05, 0) is 11.4 Å². The Morgan fingerprint density at radius 3 is 2.67 bits per heavy atom. The average Bonchev–Trinajstić information content (AvgIpc) is 3.39. The Morgan fingerprint density at radius 1 is 1.11 bits per heavy atom. The van der Waals surface area contributed by atoms with Crippen LogP contribution in [-0.2, 0) is 29.1 Å². The average molecular weight is 400 g/mol. The molecule has 9 heteroatoms. The van der Waals surface area contributed by atoms with Gasteiger partial charge in [-0.1, -0.05) is 36.4 Å².